The number of hydrogen-bond acceptors (Lipinski definition) is 3. The predicted molar refractivity (Wildman–Crippen MR) is 244 cm³/mol. The summed E-state index contributed by atoms with van der Waals surface area (Å²) in [5, 5.41) is 23.2. The van der Waals surface area contributed by atoms with Gasteiger partial charge in [0.1, 0.15) is 0 Å². The number of carbonyl (C=O) groups is 1. The van der Waals surface area contributed by atoms with Crippen LogP contribution in [0.3, 0.4) is 0 Å². The molecule has 0 aromatic heterocycles. The van der Waals surface area contributed by atoms with E-state index in [-0.39, 0.29) is 12.5 Å². The van der Waals surface area contributed by atoms with Crippen molar-refractivity contribution in [3.05, 3.63) is 0 Å². The summed E-state index contributed by atoms with van der Waals surface area (Å²) in [5.74, 6) is -0.0248. The molecule has 2 atom stereocenters. The minimum atomic E-state index is -0.652. The van der Waals surface area contributed by atoms with Crippen LogP contribution in [0.1, 0.15) is 303 Å². The molecule has 0 saturated heterocycles. The van der Waals surface area contributed by atoms with E-state index >= 15 is 0 Å². The summed E-state index contributed by atoms with van der Waals surface area (Å²) in [6.45, 7) is 4.38. The Morgan fingerprint density at radius 1 is 0.364 bits per heavy atom. The number of carbonyl (C=O) groups excluding carboxylic acids is 1. The minimum absolute atomic E-state index is 0.0248. The fraction of sp³-hybridized carbons (Fsp3) is 0.980. The van der Waals surface area contributed by atoms with Crippen LogP contribution >= 0.6 is 0 Å². The first kappa shape index (κ1) is 54.4. The maximum absolute atomic E-state index is 12.4. The molecule has 0 spiro atoms. The molecule has 4 heteroatoms. The van der Waals surface area contributed by atoms with E-state index in [2.05, 4.69) is 19.2 Å². The molecule has 0 aliphatic heterocycles. The van der Waals surface area contributed by atoms with Gasteiger partial charge >= 0.3 is 0 Å². The molecule has 0 aliphatic carbocycles. The van der Waals surface area contributed by atoms with E-state index in [0.29, 0.717) is 12.8 Å². The van der Waals surface area contributed by atoms with Crippen molar-refractivity contribution >= 4 is 5.91 Å². The lowest BCUT2D eigenvalue weighted by atomic mass is 10.0. The first-order valence-corrected chi connectivity index (χ1v) is 25.7. The van der Waals surface area contributed by atoms with E-state index < -0.39 is 12.1 Å². The number of nitrogens with one attached hydrogen (secondary N) is 1. The van der Waals surface area contributed by atoms with Crippen molar-refractivity contribution in [1.29, 1.82) is 0 Å². The van der Waals surface area contributed by atoms with E-state index in [1.807, 2.05) is 0 Å². The number of aliphatic hydroxyl groups is 2. The van der Waals surface area contributed by atoms with Crippen molar-refractivity contribution in [2.45, 2.75) is 315 Å². The number of amides is 1. The molecule has 0 saturated carbocycles. The molecule has 0 radical (unpaired) electrons. The number of hydrogen-bond donors (Lipinski definition) is 3. The van der Waals surface area contributed by atoms with Crippen LogP contribution in [0, 0.1) is 0 Å². The SMILES string of the molecule is CCCCCCCCCCCCCCCCCCCCCCCCCCCCCCCCCC(=O)N[C@@H](CO)[C@H](O)CCCCCCCCCCCCCC. The molecule has 4 nitrogen and oxygen atoms in total. The molecular formula is C51H103NO3. The van der Waals surface area contributed by atoms with E-state index in [1.54, 1.807) is 0 Å². The normalized spacial score (nSPS) is 12.7. The van der Waals surface area contributed by atoms with E-state index in [4.69, 9.17) is 0 Å². The van der Waals surface area contributed by atoms with Crippen molar-refractivity contribution in [3.63, 3.8) is 0 Å². The summed E-state index contributed by atoms with van der Waals surface area (Å²) in [5.41, 5.74) is 0. The van der Waals surface area contributed by atoms with Gasteiger partial charge in [0.2, 0.25) is 5.91 Å². The lowest BCUT2D eigenvalue weighted by molar-refractivity contribution is -0.123. The summed E-state index contributed by atoms with van der Waals surface area (Å²) >= 11 is 0. The van der Waals surface area contributed by atoms with Crippen molar-refractivity contribution in [1.82, 2.24) is 5.32 Å². The van der Waals surface area contributed by atoms with Crippen molar-refractivity contribution in [3.8, 4) is 0 Å². The average Bonchev–Trinajstić information content (AvgIpc) is 3.19. The second-order valence-corrected chi connectivity index (χ2v) is 18.0. The minimum Gasteiger partial charge on any atom is -0.394 e. The average molecular weight is 778 g/mol. The molecule has 0 fully saturated rings. The van der Waals surface area contributed by atoms with Crippen LogP contribution in [0.25, 0.3) is 0 Å². The lowest BCUT2D eigenvalue weighted by Gasteiger charge is -2.22. The smallest absolute Gasteiger partial charge is 0.220 e. The van der Waals surface area contributed by atoms with Gasteiger partial charge in [-0.2, -0.15) is 0 Å². The molecule has 3 N–H and O–H groups in total. The molecule has 0 aromatic carbocycles. The quantitative estimate of drug-likeness (QED) is 0.0539. The summed E-state index contributed by atoms with van der Waals surface area (Å²) in [6, 6.07) is -0.529. The van der Waals surface area contributed by atoms with Gasteiger partial charge in [-0.3, -0.25) is 4.79 Å². The highest BCUT2D eigenvalue weighted by Crippen LogP contribution is 2.18. The Bertz CT molecular complexity index is 714. The number of rotatable bonds is 48. The highest BCUT2D eigenvalue weighted by molar-refractivity contribution is 5.76. The first-order valence-electron chi connectivity index (χ1n) is 25.7. The Kier molecular flexibility index (Phi) is 47.2. The Balaban J connectivity index is 3.35. The van der Waals surface area contributed by atoms with E-state index in [1.165, 1.54) is 250 Å². The van der Waals surface area contributed by atoms with Gasteiger partial charge in [-0.1, -0.05) is 284 Å². The second-order valence-electron chi connectivity index (χ2n) is 18.0. The van der Waals surface area contributed by atoms with Gasteiger partial charge in [0.15, 0.2) is 0 Å². The zero-order chi connectivity index (χ0) is 40.0. The van der Waals surface area contributed by atoms with Crippen LogP contribution in [0.2, 0.25) is 0 Å². The molecule has 0 aliphatic rings. The number of unbranched alkanes of at least 4 members (excludes halogenated alkanes) is 41. The van der Waals surface area contributed by atoms with Gasteiger partial charge in [0.05, 0.1) is 18.8 Å². The van der Waals surface area contributed by atoms with E-state index in [0.717, 1.165) is 25.7 Å². The molecular weight excluding hydrogens is 675 g/mol. The largest absolute Gasteiger partial charge is 0.394 e. The van der Waals surface area contributed by atoms with Crippen molar-refractivity contribution < 1.29 is 15.0 Å². The standard InChI is InChI=1S/C51H103NO3/c1-3-5-7-9-11-13-15-17-18-19-20-21-22-23-24-25-26-27-28-29-30-31-32-33-34-35-37-39-41-43-45-47-51(55)52-49(48-53)50(54)46-44-42-40-38-36-16-14-12-10-8-6-4-2/h49-50,53-54H,3-48H2,1-2H3,(H,52,55)/t49-,50+/m0/s1. The van der Waals surface area contributed by atoms with Gasteiger partial charge in [-0.15, -0.1) is 0 Å². The van der Waals surface area contributed by atoms with Crippen LogP contribution in [-0.4, -0.2) is 34.9 Å². The van der Waals surface area contributed by atoms with Crippen LogP contribution in [0.15, 0.2) is 0 Å². The van der Waals surface area contributed by atoms with Gasteiger partial charge in [-0.25, -0.2) is 0 Å². The third-order valence-corrected chi connectivity index (χ3v) is 12.4. The van der Waals surface area contributed by atoms with Gasteiger partial charge in [0.25, 0.3) is 0 Å². The molecule has 0 aromatic rings. The molecule has 55 heavy (non-hydrogen) atoms. The molecule has 0 unspecified atom stereocenters. The Morgan fingerprint density at radius 2 is 0.582 bits per heavy atom. The highest BCUT2D eigenvalue weighted by atomic mass is 16.3. The van der Waals surface area contributed by atoms with Crippen LogP contribution in [0.5, 0.6) is 0 Å². The van der Waals surface area contributed by atoms with Crippen molar-refractivity contribution in [2.75, 3.05) is 6.61 Å². The van der Waals surface area contributed by atoms with Crippen LogP contribution in [-0.2, 0) is 4.79 Å². The van der Waals surface area contributed by atoms with Gasteiger partial charge in [0, 0.05) is 6.42 Å². The monoisotopic (exact) mass is 778 g/mol. The van der Waals surface area contributed by atoms with E-state index in [9.17, 15) is 15.0 Å². The molecule has 0 rings (SSSR count). The lowest BCUT2D eigenvalue weighted by Crippen LogP contribution is -2.45. The highest BCUT2D eigenvalue weighted by Gasteiger charge is 2.20. The second kappa shape index (κ2) is 47.8. The molecule has 0 heterocycles. The Hall–Kier alpha value is -0.610. The fourth-order valence-electron chi connectivity index (χ4n) is 8.42. The van der Waals surface area contributed by atoms with Crippen LogP contribution in [0.4, 0.5) is 0 Å². The summed E-state index contributed by atoms with van der Waals surface area (Å²) < 4.78 is 0. The maximum atomic E-state index is 12.4. The summed E-state index contributed by atoms with van der Waals surface area (Å²) in [6.07, 6.45) is 59.4. The third-order valence-electron chi connectivity index (χ3n) is 12.4. The topological polar surface area (TPSA) is 69.6 Å². The Labute approximate surface area is 346 Å². The Morgan fingerprint density at radius 3 is 0.818 bits per heavy atom. The first-order chi connectivity index (χ1) is 27.2. The molecule has 0 bridgehead atoms. The molecule has 330 valence electrons. The van der Waals surface area contributed by atoms with Crippen LogP contribution < -0.4 is 5.32 Å². The zero-order valence-electron chi connectivity index (χ0n) is 38.0. The fourth-order valence-corrected chi connectivity index (χ4v) is 8.42. The molecule has 1 amide bonds. The zero-order valence-corrected chi connectivity index (χ0v) is 38.0. The maximum Gasteiger partial charge on any atom is 0.220 e. The third kappa shape index (κ3) is 44.3. The summed E-state index contributed by atoms with van der Waals surface area (Å²) in [7, 11) is 0. The number of aliphatic hydroxyl groups excluding tert-OH is 2. The summed E-state index contributed by atoms with van der Waals surface area (Å²) in [4.78, 5) is 12.4. The van der Waals surface area contributed by atoms with Gasteiger partial charge < -0.3 is 15.5 Å². The van der Waals surface area contributed by atoms with Crippen molar-refractivity contribution in [2.24, 2.45) is 0 Å². The van der Waals surface area contributed by atoms with Gasteiger partial charge in [-0.05, 0) is 12.8 Å². The predicted octanol–water partition coefficient (Wildman–Crippen LogP) is 16.4.